The maximum atomic E-state index is 13.7. The maximum absolute atomic E-state index is 13.7. The molecule has 0 unspecified atom stereocenters. The molecule has 0 fully saturated rings. The van der Waals surface area contributed by atoms with Gasteiger partial charge >= 0.3 is 24.0 Å². The first-order valence-electron chi connectivity index (χ1n) is 13.0. The number of aryl methyl sites for hydroxylation is 1. The van der Waals surface area contributed by atoms with E-state index in [1.807, 2.05) is 0 Å². The van der Waals surface area contributed by atoms with Crippen LogP contribution in [0.2, 0.25) is 0 Å². The zero-order valence-corrected chi connectivity index (χ0v) is 24.9. The molecule has 1 heterocycles. The monoisotopic (exact) mass is 556 g/mol. The molecule has 0 aliphatic carbocycles. The minimum Gasteiger partial charge on any atom is -0.480 e. The number of hydrogen-bond acceptors (Lipinski definition) is 8. The number of carboxylic acid groups (broad SMARTS) is 1. The molecule has 0 bridgehead atoms. The Bertz CT molecular complexity index is 1270. The van der Waals surface area contributed by atoms with Crippen molar-refractivity contribution in [3.05, 3.63) is 52.8 Å². The van der Waals surface area contributed by atoms with Crippen LogP contribution in [0.4, 0.5) is 4.79 Å². The molecule has 0 saturated carbocycles. The van der Waals surface area contributed by atoms with Crippen molar-refractivity contribution < 1.29 is 38.5 Å². The molecule has 218 valence electrons. The number of carboxylic acids is 1. The largest absolute Gasteiger partial charge is 0.480 e. The maximum Gasteiger partial charge on any atom is 0.408 e. The van der Waals surface area contributed by atoms with Crippen LogP contribution in [0.15, 0.2) is 30.3 Å². The highest BCUT2D eigenvalue weighted by atomic mass is 16.6. The number of carbonyl (C=O) groups excluding carboxylic acids is 3. The summed E-state index contributed by atoms with van der Waals surface area (Å²) in [4.78, 5) is 56.3. The van der Waals surface area contributed by atoms with Crippen LogP contribution in [0, 0.1) is 6.92 Å². The molecular weight excluding hydrogens is 516 g/mol. The van der Waals surface area contributed by atoms with Crippen molar-refractivity contribution in [1.82, 2.24) is 10.3 Å². The van der Waals surface area contributed by atoms with E-state index in [4.69, 9.17) is 14.2 Å². The standard InChI is InChI=1S/C30H40N2O8/c1-17-21(25(35)38-28(2,3)4)22(18-14-12-11-13-15-18)23(26(36)39-29(5,6)7)19(31-17)16-20(24(33)34)32-27(37)40-30(8,9)10/h11-15,20H,16H2,1-10H3,(H,32,37)(H,33,34)/t20-/m0/s1. The van der Waals surface area contributed by atoms with Crippen molar-refractivity contribution in [2.75, 3.05) is 0 Å². The first-order valence-corrected chi connectivity index (χ1v) is 13.0. The van der Waals surface area contributed by atoms with Crippen molar-refractivity contribution in [3.8, 4) is 11.1 Å². The van der Waals surface area contributed by atoms with E-state index in [-0.39, 0.29) is 28.1 Å². The number of hydrogen-bond donors (Lipinski definition) is 2. The number of alkyl carbamates (subject to hydrolysis) is 1. The zero-order chi connectivity index (χ0) is 30.6. The third-order valence-corrected chi connectivity index (χ3v) is 5.11. The van der Waals surface area contributed by atoms with Crippen molar-refractivity contribution in [1.29, 1.82) is 0 Å². The van der Waals surface area contributed by atoms with E-state index in [0.717, 1.165) is 0 Å². The lowest BCUT2D eigenvalue weighted by molar-refractivity contribution is -0.139. The van der Waals surface area contributed by atoms with Gasteiger partial charge in [-0.25, -0.2) is 19.2 Å². The number of nitrogens with one attached hydrogen (secondary N) is 1. The van der Waals surface area contributed by atoms with E-state index in [1.165, 1.54) is 0 Å². The summed E-state index contributed by atoms with van der Waals surface area (Å²) in [5, 5.41) is 12.3. The first-order chi connectivity index (χ1) is 18.2. The lowest BCUT2D eigenvalue weighted by atomic mass is 9.90. The van der Waals surface area contributed by atoms with Crippen LogP contribution >= 0.6 is 0 Å². The second kappa shape index (κ2) is 12.1. The number of carbonyl (C=O) groups is 4. The van der Waals surface area contributed by atoms with E-state index in [1.54, 1.807) is 99.6 Å². The van der Waals surface area contributed by atoms with Gasteiger partial charge in [0.1, 0.15) is 22.8 Å². The Hall–Kier alpha value is -3.95. The lowest BCUT2D eigenvalue weighted by Gasteiger charge is -2.26. The highest BCUT2D eigenvalue weighted by Gasteiger charge is 2.34. The molecule has 0 aliphatic rings. The lowest BCUT2D eigenvalue weighted by Crippen LogP contribution is -2.45. The smallest absolute Gasteiger partial charge is 0.408 e. The molecule has 40 heavy (non-hydrogen) atoms. The van der Waals surface area contributed by atoms with Crippen molar-refractivity contribution in [2.24, 2.45) is 0 Å². The minimum absolute atomic E-state index is 0.0290. The molecule has 1 amide bonds. The fourth-order valence-corrected chi connectivity index (χ4v) is 3.78. The Morgan fingerprint density at radius 3 is 1.73 bits per heavy atom. The fourth-order valence-electron chi connectivity index (χ4n) is 3.78. The summed E-state index contributed by atoms with van der Waals surface area (Å²) in [7, 11) is 0. The minimum atomic E-state index is -1.50. The number of esters is 2. The number of ether oxygens (including phenoxy) is 3. The molecule has 10 heteroatoms. The molecule has 2 rings (SSSR count). The van der Waals surface area contributed by atoms with Gasteiger partial charge in [-0.2, -0.15) is 0 Å². The zero-order valence-electron chi connectivity index (χ0n) is 24.9. The van der Waals surface area contributed by atoms with E-state index >= 15 is 0 Å². The Labute approximate surface area is 235 Å². The molecule has 1 atom stereocenters. The number of rotatable bonds is 7. The van der Waals surface area contributed by atoms with Gasteiger partial charge in [0.05, 0.1) is 22.5 Å². The number of pyridine rings is 1. The fraction of sp³-hybridized carbons (Fsp3) is 0.500. The second-order valence-corrected chi connectivity index (χ2v) is 12.4. The van der Waals surface area contributed by atoms with Crippen LogP contribution in [-0.2, 0) is 25.4 Å². The number of amides is 1. The van der Waals surface area contributed by atoms with Crippen LogP contribution in [-0.4, -0.2) is 56.9 Å². The molecular formula is C30H40N2O8. The van der Waals surface area contributed by atoms with Gasteiger partial charge in [-0.3, -0.25) is 4.98 Å². The first kappa shape index (κ1) is 32.3. The molecule has 1 aromatic carbocycles. The Morgan fingerprint density at radius 1 is 0.800 bits per heavy atom. The SMILES string of the molecule is Cc1nc(C[C@H](NC(=O)OC(C)(C)C)C(=O)O)c(C(=O)OC(C)(C)C)c(-c2ccccc2)c1C(=O)OC(C)(C)C. The average Bonchev–Trinajstić information content (AvgIpc) is 2.74. The third-order valence-electron chi connectivity index (χ3n) is 5.11. The van der Waals surface area contributed by atoms with E-state index in [0.29, 0.717) is 5.56 Å². The normalized spacial score (nSPS) is 12.8. The van der Waals surface area contributed by atoms with Crippen LogP contribution in [0.5, 0.6) is 0 Å². The van der Waals surface area contributed by atoms with E-state index in [9.17, 15) is 24.3 Å². The van der Waals surface area contributed by atoms with Crippen LogP contribution in [0.25, 0.3) is 11.1 Å². The van der Waals surface area contributed by atoms with Crippen molar-refractivity contribution >= 4 is 24.0 Å². The molecule has 1 aromatic heterocycles. The molecule has 2 N–H and O–H groups in total. The predicted octanol–water partition coefficient (Wildman–Crippen LogP) is 5.49. The second-order valence-electron chi connectivity index (χ2n) is 12.4. The van der Waals surface area contributed by atoms with Gasteiger partial charge in [-0.05, 0) is 74.8 Å². The van der Waals surface area contributed by atoms with Crippen LogP contribution < -0.4 is 5.32 Å². The average molecular weight is 557 g/mol. The summed E-state index contributed by atoms with van der Waals surface area (Å²) < 4.78 is 16.6. The van der Waals surface area contributed by atoms with Gasteiger partial charge in [-0.1, -0.05) is 30.3 Å². The van der Waals surface area contributed by atoms with Gasteiger partial charge < -0.3 is 24.6 Å². The molecule has 0 radical (unpaired) electrons. The van der Waals surface area contributed by atoms with Crippen LogP contribution in [0.3, 0.4) is 0 Å². The summed E-state index contributed by atoms with van der Waals surface area (Å²) in [6.45, 7) is 16.7. The summed E-state index contributed by atoms with van der Waals surface area (Å²) in [6, 6.07) is 7.20. The summed E-state index contributed by atoms with van der Waals surface area (Å²) >= 11 is 0. The number of aromatic nitrogens is 1. The van der Waals surface area contributed by atoms with Gasteiger partial charge in [0.2, 0.25) is 0 Å². The molecule has 0 saturated heterocycles. The third kappa shape index (κ3) is 9.36. The van der Waals surface area contributed by atoms with Crippen molar-refractivity contribution in [3.63, 3.8) is 0 Å². The molecule has 0 aliphatic heterocycles. The highest BCUT2D eigenvalue weighted by molar-refractivity contribution is 6.07. The Kier molecular flexibility index (Phi) is 9.73. The van der Waals surface area contributed by atoms with Crippen molar-refractivity contribution in [2.45, 2.75) is 98.5 Å². The van der Waals surface area contributed by atoms with E-state index in [2.05, 4.69) is 10.3 Å². The number of aliphatic carboxylic acids is 1. The van der Waals surface area contributed by atoms with Gasteiger partial charge in [-0.15, -0.1) is 0 Å². The number of nitrogens with zero attached hydrogens (tertiary/aromatic N) is 1. The van der Waals surface area contributed by atoms with Crippen LogP contribution in [0.1, 0.15) is 94.4 Å². The van der Waals surface area contributed by atoms with Gasteiger partial charge in [0.15, 0.2) is 0 Å². The van der Waals surface area contributed by atoms with E-state index < -0.39 is 53.3 Å². The Morgan fingerprint density at radius 2 is 1.27 bits per heavy atom. The highest BCUT2D eigenvalue weighted by Crippen LogP contribution is 2.34. The summed E-state index contributed by atoms with van der Waals surface area (Å²) in [6.07, 6.45) is -1.33. The van der Waals surface area contributed by atoms with Gasteiger partial charge in [0.25, 0.3) is 0 Å². The topological polar surface area (TPSA) is 141 Å². The molecule has 2 aromatic rings. The Balaban J connectivity index is 2.85. The number of benzene rings is 1. The molecule has 10 nitrogen and oxygen atoms in total. The quantitative estimate of drug-likeness (QED) is 0.334. The van der Waals surface area contributed by atoms with Gasteiger partial charge in [0, 0.05) is 12.0 Å². The summed E-state index contributed by atoms with van der Waals surface area (Å²) in [5.41, 5.74) is -1.70. The summed E-state index contributed by atoms with van der Waals surface area (Å²) in [5.74, 6) is -2.87. The molecule has 0 spiro atoms. The predicted molar refractivity (Wildman–Crippen MR) is 149 cm³/mol.